The fourth-order valence-electron chi connectivity index (χ4n) is 1.20. The van der Waals surface area contributed by atoms with Gasteiger partial charge >= 0.3 is 8.60 Å². The van der Waals surface area contributed by atoms with Gasteiger partial charge in [-0.2, -0.15) is 0 Å². The lowest BCUT2D eigenvalue weighted by Crippen LogP contribution is -1.84. The minimum Gasteiger partial charge on any atom is -0.414 e. The predicted molar refractivity (Wildman–Crippen MR) is 46.2 cm³/mol. The molecule has 0 saturated heterocycles. The summed E-state index contributed by atoms with van der Waals surface area (Å²) in [5.41, 5.74) is 1.08. The average molecular weight is 184 g/mol. The molecule has 0 spiro atoms. The molecular weight excluding hydrogens is 175 g/mol. The quantitative estimate of drug-likeness (QED) is 0.680. The Morgan fingerprint density at radius 2 is 2.25 bits per heavy atom. The molecular formula is C8H9O3P. The van der Waals surface area contributed by atoms with E-state index in [4.69, 9.17) is 13.9 Å². The Morgan fingerprint density at radius 3 is 3.00 bits per heavy atom. The van der Waals surface area contributed by atoms with Crippen molar-refractivity contribution < 1.29 is 13.9 Å². The maximum absolute atomic E-state index is 9.09. The molecule has 1 aliphatic heterocycles. The van der Waals surface area contributed by atoms with Crippen molar-refractivity contribution in [2.24, 2.45) is 0 Å². The second-order valence-corrected chi connectivity index (χ2v) is 3.36. The second kappa shape index (κ2) is 2.92. The lowest BCUT2D eigenvalue weighted by molar-refractivity contribution is 0.428. The summed E-state index contributed by atoms with van der Waals surface area (Å²) >= 11 is 0. The van der Waals surface area contributed by atoms with Gasteiger partial charge in [-0.3, -0.25) is 0 Å². The van der Waals surface area contributed by atoms with E-state index in [0.29, 0.717) is 11.5 Å². The monoisotopic (exact) mass is 184 g/mol. The number of fused-ring (bicyclic) bond motifs is 1. The van der Waals surface area contributed by atoms with Crippen LogP contribution in [-0.4, -0.2) is 4.89 Å². The molecule has 1 N–H and O–H groups in total. The van der Waals surface area contributed by atoms with E-state index in [0.717, 1.165) is 12.0 Å². The van der Waals surface area contributed by atoms with Crippen LogP contribution in [0.15, 0.2) is 18.2 Å². The van der Waals surface area contributed by atoms with E-state index in [1.165, 1.54) is 0 Å². The highest BCUT2D eigenvalue weighted by molar-refractivity contribution is 7.41. The van der Waals surface area contributed by atoms with Crippen LogP contribution in [0.5, 0.6) is 11.5 Å². The molecule has 0 amide bonds. The molecule has 1 aromatic carbocycles. The van der Waals surface area contributed by atoms with Gasteiger partial charge < -0.3 is 13.9 Å². The first kappa shape index (κ1) is 7.84. The molecule has 1 aromatic rings. The van der Waals surface area contributed by atoms with Crippen LogP contribution in [0.4, 0.5) is 0 Å². The van der Waals surface area contributed by atoms with Crippen molar-refractivity contribution in [3.63, 3.8) is 0 Å². The highest BCUT2D eigenvalue weighted by atomic mass is 31.2. The van der Waals surface area contributed by atoms with Crippen LogP contribution < -0.4 is 9.05 Å². The van der Waals surface area contributed by atoms with Gasteiger partial charge in [0.1, 0.15) is 0 Å². The standard InChI is InChI=1S/C8H9O3P/c1-2-6-4-3-5-7-8(6)11-12(9)10-7/h3-5,9H,2H2,1H3. The Morgan fingerprint density at radius 1 is 1.42 bits per heavy atom. The fraction of sp³-hybridized carbons (Fsp3) is 0.250. The van der Waals surface area contributed by atoms with Crippen LogP contribution in [0.25, 0.3) is 0 Å². The molecule has 3 nitrogen and oxygen atoms in total. The zero-order valence-electron chi connectivity index (χ0n) is 6.65. The van der Waals surface area contributed by atoms with Gasteiger partial charge in [-0.05, 0) is 18.1 Å². The first-order valence-corrected chi connectivity index (χ1v) is 4.91. The third kappa shape index (κ3) is 1.15. The zero-order chi connectivity index (χ0) is 8.55. The van der Waals surface area contributed by atoms with Gasteiger partial charge in [0.2, 0.25) is 0 Å². The summed E-state index contributed by atoms with van der Waals surface area (Å²) in [5.74, 6) is 1.36. The van der Waals surface area contributed by atoms with Crippen molar-refractivity contribution in [3.05, 3.63) is 23.8 Å². The summed E-state index contributed by atoms with van der Waals surface area (Å²) in [4.78, 5) is 9.09. The molecule has 1 atom stereocenters. The van der Waals surface area contributed by atoms with Crippen molar-refractivity contribution >= 4 is 8.60 Å². The molecule has 2 rings (SSSR count). The summed E-state index contributed by atoms with van der Waals surface area (Å²) in [6, 6.07) is 5.67. The van der Waals surface area contributed by atoms with Gasteiger partial charge in [-0.1, -0.05) is 19.1 Å². The number of para-hydroxylation sites is 1. The molecule has 0 saturated carbocycles. The molecule has 0 aromatic heterocycles. The number of aryl methyl sites for hydroxylation is 1. The first-order valence-electron chi connectivity index (χ1n) is 3.78. The van der Waals surface area contributed by atoms with Crippen LogP contribution in [0.3, 0.4) is 0 Å². The molecule has 12 heavy (non-hydrogen) atoms. The highest BCUT2D eigenvalue weighted by Crippen LogP contribution is 2.51. The van der Waals surface area contributed by atoms with E-state index >= 15 is 0 Å². The third-order valence-corrected chi connectivity index (χ3v) is 2.48. The Labute approximate surface area is 71.9 Å². The maximum Gasteiger partial charge on any atom is 0.460 e. The summed E-state index contributed by atoms with van der Waals surface area (Å²) in [5, 5.41) is 0. The van der Waals surface area contributed by atoms with Crippen LogP contribution >= 0.6 is 8.60 Å². The van der Waals surface area contributed by atoms with Crippen LogP contribution in [0.1, 0.15) is 12.5 Å². The highest BCUT2D eigenvalue weighted by Gasteiger charge is 2.26. The van der Waals surface area contributed by atoms with E-state index < -0.39 is 8.60 Å². The molecule has 0 aliphatic carbocycles. The second-order valence-electron chi connectivity index (χ2n) is 2.52. The van der Waals surface area contributed by atoms with Gasteiger partial charge in [0, 0.05) is 0 Å². The molecule has 0 fully saturated rings. The van der Waals surface area contributed by atoms with Crippen molar-refractivity contribution in [1.29, 1.82) is 0 Å². The molecule has 1 aliphatic rings. The predicted octanol–water partition coefficient (Wildman–Crippen LogP) is 2.24. The van der Waals surface area contributed by atoms with E-state index in [9.17, 15) is 0 Å². The minimum atomic E-state index is -1.71. The molecule has 64 valence electrons. The van der Waals surface area contributed by atoms with Crippen LogP contribution in [0.2, 0.25) is 0 Å². The van der Waals surface area contributed by atoms with E-state index in [1.54, 1.807) is 6.07 Å². The van der Waals surface area contributed by atoms with Crippen LogP contribution in [0, 0.1) is 0 Å². The van der Waals surface area contributed by atoms with Gasteiger partial charge in [0.25, 0.3) is 0 Å². The van der Waals surface area contributed by atoms with Gasteiger partial charge in [-0.25, -0.2) is 0 Å². The SMILES string of the molecule is CCc1cccc2c1OP(O)O2. The zero-order valence-corrected chi connectivity index (χ0v) is 7.54. The lowest BCUT2D eigenvalue weighted by atomic mass is 10.1. The number of hydrogen-bond acceptors (Lipinski definition) is 3. The summed E-state index contributed by atoms with van der Waals surface area (Å²) in [7, 11) is -1.71. The summed E-state index contributed by atoms with van der Waals surface area (Å²) < 4.78 is 10.2. The van der Waals surface area contributed by atoms with E-state index in [2.05, 4.69) is 0 Å². The molecule has 1 unspecified atom stereocenters. The lowest BCUT2D eigenvalue weighted by Gasteiger charge is -2.00. The van der Waals surface area contributed by atoms with Crippen molar-refractivity contribution in [2.75, 3.05) is 0 Å². The molecule has 0 bridgehead atoms. The average Bonchev–Trinajstić information content (AvgIpc) is 2.44. The Balaban J connectivity index is 2.44. The van der Waals surface area contributed by atoms with Crippen molar-refractivity contribution in [2.45, 2.75) is 13.3 Å². The molecule has 0 radical (unpaired) electrons. The van der Waals surface area contributed by atoms with Gasteiger partial charge in [-0.15, -0.1) is 0 Å². The minimum absolute atomic E-state index is 0.656. The van der Waals surface area contributed by atoms with E-state index in [-0.39, 0.29) is 0 Å². The smallest absolute Gasteiger partial charge is 0.414 e. The Hall–Kier alpha value is -0.790. The van der Waals surface area contributed by atoms with Crippen molar-refractivity contribution in [3.8, 4) is 11.5 Å². The third-order valence-electron chi connectivity index (χ3n) is 1.79. The maximum atomic E-state index is 9.09. The van der Waals surface area contributed by atoms with Gasteiger partial charge in [0.15, 0.2) is 11.5 Å². The topological polar surface area (TPSA) is 38.7 Å². The van der Waals surface area contributed by atoms with E-state index in [1.807, 2.05) is 19.1 Å². The normalized spacial score (nSPS) is 19.7. The molecule has 4 heteroatoms. The Bertz CT molecular complexity index is 300. The first-order chi connectivity index (χ1) is 5.81. The number of hydrogen-bond donors (Lipinski definition) is 1. The number of benzene rings is 1. The van der Waals surface area contributed by atoms with Crippen LogP contribution in [-0.2, 0) is 6.42 Å². The van der Waals surface area contributed by atoms with Gasteiger partial charge in [0.05, 0.1) is 0 Å². The van der Waals surface area contributed by atoms with Crippen molar-refractivity contribution in [1.82, 2.24) is 0 Å². The largest absolute Gasteiger partial charge is 0.460 e. The fourth-order valence-corrected chi connectivity index (χ4v) is 1.91. The number of rotatable bonds is 1. The molecule has 1 heterocycles. The summed E-state index contributed by atoms with van der Waals surface area (Å²) in [6.45, 7) is 2.04. The Kier molecular flexibility index (Phi) is 1.91. The summed E-state index contributed by atoms with van der Waals surface area (Å²) in [6.07, 6.45) is 0.885.